The number of benzene rings is 1. The lowest BCUT2D eigenvalue weighted by Crippen LogP contribution is -1.92. The molecule has 2 aromatic heterocycles. The van der Waals surface area contributed by atoms with E-state index < -0.39 is 0 Å². The van der Waals surface area contributed by atoms with Crippen LogP contribution in [0, 0.1) is 6.92 Å². The Bertz CT molecular complexity index is 757. The lowest BCUT2D eigenvalue weighted by atomic mass is 10.1. The molecule has 4 nitrogen and oxygen atoms in total. The molecule has 1 aromatic carbocycles. The molecule has 0 bridgehead atoms. The highest BCUT2D eigenvalue weighted by atomic mass is 16.3. The average Bonchev–Trinajstić information content (AvgIpc) is 2.64. The molecule has 96 valence electrons. The van der Waals surface area contributed by atoms with Crippen molar-refractivity contribution in [2.45, 2.75) is 6.92 Å². The summed E-state index contributed by atoms with van der Waals surface area (Å²) in [6.07, 6.45) is 1.66. The van der Waals surface area contributed by atoms with Gasteiger partial charge < -0.3 is 15.4 Å². The second-order valence-corrected chi connectivity index (χ2v) is 4.70. The number of rotatable bonds is 1. The van der Waals surface area contributed by atoms with Gasteiger partial charge in [0.05, 0.1) is 23.1 Å². The first kappa shape index (κ1) is 11.6. The van der Waals surface area contributed by atoms with Crippen molar-refractivity contribution >= 4 is 16.6 Å². The molecule has 0 amide bonds. The van der Waals surface area contributed by atoms with Crippen LogP contribution in [-0.4, -0.2) is 14.7 Å². The molecule has 0 radical (unpaired) electrons. The normalized spacial score (nSPS) is 11.1. The van der Waals surface area contributed by atoms with E-state index in [2.05, 4.69) is 9.55 Å². The predicted molar refractivity (Wildman–Crippen MR) is 77.0 cm³/mol. The number of nitrogens with two attached hydrogens (primary N) is 1. The van der Waals surface area contributed by atoms with E-state index >= 15 is 0 Å². The Morgan fingerprint density at radius 1 is 1.21 bits per heavy atom. The minimum atomic E-state index is 0.268. The average molecular weight is 253 g/mol. The fourth-order valence-corrected chi connectivity index (χ4v) is 2.43. The summed E-state index contributed by atoms with van der Waals surface area (Å²) >= 11 is 0. The number of fused-ring (bicyclic) bond motifs is 1. The van der Waals surface area contributed by atoms with Crippen LogP contribution < -0.4 is 5.73 Å². The first-order chi connectivity index (χ1) is 9.08. The second kappa shape index (κ2) is 4.02. The first-order valence-electron chi connectivity index (χ1n) is 6.08. The van der Waals surface area contributed by atoms with E-state index in [1.807, 2.05) is 32.2 Å². The van der Waals surface area contributed by atoms with Crippen LogP contribution in [0.15, 0.2) is 36.5 Å². The first-order valence-corrected chi connectivity index (χ1v) is 6.08. The molecule has 0 saturated carbocycles. The minimum absolute atomic E-state index is 0.268. The summed E-state index contributed by atoms with van der Waals surface area (Å²) in [7, 11) is 1.98. The summed E-state index contributed by atoms with van der Waals surface area (Å²) in [6.45, 7) is 2.05. The third-order valence-electron chi connectivity index (χ3n) is 3.52. The number of anilines is 1. The zero-order valence-corrected chi connectivity index (χ0v) is 10.9. The van der Waals surface area contributed by atoms with Gasteiger partial charge in [-0.3, -0.25) is 4.98 Å². The SMILES string of the molecule is Cc1c(-c2ccc(N)cn2)c2ccc(O)cc2n1C. The van der Waals surface area contributed by atoms with Crippen molar-refractivity contribution in [3.63, 3.8) is 0 Å². The van der Waals surface area contributed by atoms with Gasteiger partial charge in [0.25, 0.3) is 0 Å². The second-order valence-electron chi connectivity index (χ2n) is 4.70. The number of aromatic hydroxyl groups is 1. The Hall–Kier alpha value is -2.49. The smallest absolute Gasteiger partial charge is 0.117 e. The molecule has 0 aliphatic rings. The number of nitrogen functional groups attached to an aromatic ring is 1. The van der Waals surface area contributed by atoms with Crippen LogP contribution in [0.1, 0.15) is 5.69 Å². The summed E-state index contributed by atoms with van der Waals surface area (Å²) in [5, 5.41) is 10.7. The summed E-state index contributed by atoms with van der Waals surface area (Å²) in [6, 6.07) is 9.15. The Balaban J connectivity index is 2.35. The standard InChI is InChI=1S/C15H15N3O/c1-9-15(13-6-3-10(16)8-17-13)12-5-4-11(19)7-14(12)18(9)2/h3-8,19H,16H2,1-2H3. The predicted octanol–water partition coefficient (Wildman–Crippen LogP) is 2.84. The number of hydrogen-bond acceptors (Lipinski definition) is 3. The van der Waals surface area contributed by atoms with Crippen molar-refractivity contribution in [1.29, 1.82) is 0 Å². The summed E-state index contributed by atoms with van der Waals surface area (Å²) in [5.74, 6) is 0.268. The van der Waals surface area contributed by atoms with Gasteiger partial charge in [-0.15, -0.1) is 0 Å². The zero-order chi connectivity index (χ0) is 13.6. The number of phenols is 1. The van der Waals surface area contributed by atoms with Crippen molar-refractivity contribution in [2.75, 3.05) is 5.73 Å². The molecule has 3 aromatic rings. The molecule has 2 heterocycles. The monoisotopic (exact) mass is 253 g/mol. The van der Waals surface area contributed by atoms with E-state index in [9.17, 15) is 5.11 Å². The van der Waals surface area contributed by atoms with Crippen molar-refractivity contribution < 1.29 is 5.11 Å². The molecule has 3 N–H and O–H groups in total. The lowest BCUT2D eigenvalue weighted by molar-refractivity contribution is 0.476. The van der Waals surface area contributed by atoms with Gasteiger partial charge in [-0.1, -0.05) is 0 Å². The molecule has 0 fully saturated rings. The zero-order valence-electron chi connectivity index (χ0n) is 10.9. The molecule has 0 spiro atoms. The van der Waals surface area contributed by atoms with E-state index in [1.54, 1.807) is 18.3 Å². The van der Waals surface area contributed by atoms with Gasteiger partial charge in [-0.25, -0.2) is 0 Å². The van der Waals surface area contributed by atoms with Crippen LogP contribution in [-0.2, 0) is 7.05 Å². The maximum Gasteiger partial charge on any atom is 0.117 e. The van der Waals surface area contributed by atoms with Gasteiger partial charge >= 0.3 is 0 Å². The quantitative estimate of drug-likeness (QED) is 0.701. The molecule has 0 unspecified atom stereocenters. The van der Waals surface area contributed by atoms with Crippen LogP contribution >= 0.6 is 0 Å². The molecule has 0 aliphatic heterocycles. The van der Waals surface area contributed by atoms with Gasteiger partial charge in [0.2, 0.25) is 0 Å². The lowest BCUT2D eigenvalue weighted by Gasteiger charge is -2.02. The highest BCUT2D eigenvalue weighted by Gasteiger charge is 2.14. The third-order valence-corrected chi connectivity index (χ3v) is 3.52. The number of pyridine rings is 1. The van der Waals surface area contributed by atoms with Crippen LogP contribution in [0.5, 0.6) is 5.75 Å². The van der Waals surface area contributed by atoms with Crippen LogP contribution in [0.4, 0.5) is 5.69 Å². The number of phenolic OH excluding ortho intramolecular Hbond substituents is 1. The Morgan fingerprint density at radius 2 is 2.00 bits per heavy atom. The van der Waals surface area contributed by atoms with Gasteiger partial charge in [-0.05, 0) is 31.2 Å². The molecule has 0 saturated heterocycles. The summed E-state index contributed by atoms with van der Waals surface area (Å²) < 4.78 is 2.06. The van der Waals surface area contributed by atoms with Gasteiger partial charge in [0, 0.05) is 29.8 Å². The van der Waals surface area contributed by atoms with Crippen LogP contribution in [0.3, 0.4) is 0 Å². The molecule has 4 heteroatoms. The maximum atomic E-state index is 9.62. The Labute approximate surface area is 111 Å². The molecular weight excluding hydrogens is 238 g/mol. The van der Waals surface area contributed by atoms with Gasteiger partial charge in [0.15, 0.2) is 0 Å². The fourth-order valence-electron chi connectivity index (χ4n) is 2.43. The van der Waals surface area contributed by atoms with E-state index in [-0.39, 0.29) is 5.75 Å². The van der Waals surface area contributed by atoms with Crippen molar-refractivity contribution in [3.05, 3.63) is 42.2 Å². The Morgan fingerprint density at radius 3 is 2.68 bits per heavy atom. The van der Waals surface area contributed by atoms with Gasteiger partial charge in [0.1, 0.15) is 5.75 Å². The molecule has 0 aliphatic carbocycles. The van der Waals surface area contributed by atoms with Crippen LogP contribution in [0.2, 0.25) is 0 Å². The van der Waals surface area contributed by atoms with E-state index in [1.165, 1.54) is 0 Å². The third kappa shape index (κ3) is 1.73. The molecular formula is C15H15N3O. The largest absolute Gasteiger partial charge is 0.508 e. The van der Waals surface area contributed by atoms with Crippen molar-refractivity contribution in [2.24, 2.45) is 7.05 Å². The highest BCUT2D eigenvalue weighted by Crippen LogP contribution is 2.34. The minimum Gasteiger partial charge on any atom is -0.508 e. The van der Waals surface area contributed by atoms with E-state index in [4.69, 9.17) is 5.73 Å². The van der Waals surface area contributed by atoms with Crippen LogP contribution in [0.25, 0.3) is 22.2 Å². The number of aromatic nitrogens is 2. The van der Waals surface area contributed by atoms with E-state index in [0.717, 1.165) is 27.9 Å². The number of aryl methyl sites for hydroxylation is 1. The molecule has 0 atom stereocenters. The van der Waals surface area contributed by atoms with Crippen molar-refractivity contribution in [3.8, 4) is 17.0 Å². The highest BCUT2D eigenvalue weighted by molar-refractivity contribution is 5.97. The summed E-state index contributed by atoms with van der Waals surface area (Å²) in [4.78, 5) is 4.39. The summed E-state index contributed by atoms with van der Waals surface area (Å²) in [5.41, 5.74) is 10.4. The Kier molecular flexibility index (Phi) is 2.45. The van der Waals surface area contributed by atoms with E-state index in [0.29, 0.717) is 5.69 Å². The number of nitrogens with zero attached hydrogens (tertiary/aromatic N) is 2. The molecule has 3 rings (SSSR count). The topological polar surface area (TPSA) is 64.1 Å². The fraction of sp³-hybridized carbons (Fsp3) is 0.133. The van der Waals surface area contributed by atoms with Gasteiger partial charge in [-0.2, -0.15) is 0 Å². The number of hydrogen-bond donors (Lipinski definition) is 2. The molecule has 19 heavy (non-hydrogen) atoms. The van der Waals surface area contributed by atoms with Crippen molar-refractivity contribution in [1.82, 2.24) is 9.55 Å². The maximum absolute atomic E-state index is 9.62.